The van der Waals surface area contributed by atoms with E-state index >= 15 is 0 Å². The lowest BCUT2D eigenvalue weighted by atomic mass is 9.87. The summed E-state index contributed by atoms with van der Waals surface area (Å²) in [6, 6.07) is 19.6. The smallest absolute Gasteiger partial charge is 0.261 e. The van der Waals surface area contributed by atoms with Crippen LogP contribution in [0.4, 0.5) is 17.1 Å². The lowest BCUT2D eigenvalue weighted by Crippen LogP contribution is -2.37. The first-order valence-corrected chi connectivity index (χ1v) is 14.6. The minimum Gasteiger partial charge on any atom is -0.325 e. The maximum atomic E-state index is 12.7. The van der Waals surface area contributed by atoms with Gasteiger partial charge in [0.15, 0.2) is 0 Å². The third-order valence-corrected chi connectivity index (χ3v) is 8.00. The van der Waals surface area contributed by atoms with Gasteiger partial charge in [-0.15, -0.1) is 0 Å². The van der Waals surface area contributed by atoms with Gasteiger partial charge in [0.25, 0.3) is 10.0 Å². The number of anilines is 3. The second-order valence-corrected chi connectivity index (χ2v) is 13.2. The Balaban J connectivity index is 1.71. The summed E-state index contributed by atoms with van der Waals surface area (Å²) in [5, 5.41) is 2.62. The van der Waals surface area contributed by atoms with Crippen LogP contribution in [0.25, 0.3) is 0 Å². The minimum absolute atomic E-state index is 0.0257. The van der Waals surface area contributed by atoms with Crippen LogP contribution in [-0.2, 0) is 30.3 Å². The van der Waals surface area contributed by atoms with E-state index in [1.807, 2.05) is 19.1 Å². The van der Waals surface area contributed by atoms with E-state index in [0.717, 1.165) is 21.7 Å². The van der Waals surface area contributed by atoms with Gasteiger partial charge < -0.3 is 5.32 Å². The molecule has 0 spiro atoms. The molecule has 0 aliphatic rings. The van der Waals surface area contributed by atoms with Gasteiger partial charge in [0.05, 0.1) is 16.8 Å². The molecule has 3 aromatic carbocycles. The topological polar surface area (TPSA) is 113 Å². The molecule has 0 fully saturated rings. The van der Waals surface area contributed by atoms with Crippen molar-refractivity contribution >= 4 is 43.0 Å². The fourth-order valence-corrected chi connectivity index (χ4v) is 5.33. The number of hydrogen-bond acceptors (Lipinski definition) is 5. The van der Waals surface area contributed by atoms with Crippen LogP contribution in [0.2, 0.25) is 0 Å². The molecule has 0 atom stereocenters. The van der Waals surface area contributed by atoms with Gasteiger partial charge in [-0.1, -0.05) is 50.6 Å². The van der Waals surface area contributed by atoms with Gasteiger partial charge in [0, 0.05) is 11.4 Å². The Morgan fingerprint density at radius 2 is 1.33 bits per heavy atom. The van der Waals surface area contributed by atoms with Crippen molar-refractivity contribution in [3.05, 3.63) is 83.9 Å². The summed E-state index contributed by atoms with van der Waals surface area (Å²) in [6.45, 7) is 7.64. The molecule has 0 unspecified atom stereocenters. The molecule has 0 aliphatic carbocycles. The molecule has 36 heavy (non-hydrogen) atoms. The Kier molecular flexibility index (Phi) is 7.80. The molecule has 0 aliphatic heterocycles. The number of benzene rings is 3. The minimum atomic E-state index is -3.81. The van der Waals surface area contributed by atoms with Crippen molar-refractivity contribution in [3.8, 4) is 0 Å². The van der Waals surface area contributed by atoms with Gasteiger partial charge in [-0.2, -0.15) is 0 Å². The van der Waals surface area contributed by atoms with E-state index in [1.165, 1.54) is 24.3 Å². The van der Waals surface area contributed by atoms with Gasteiger partial charge in [-0.25, -0.2) is 16.8 Å². The van der Waals surface area contributed by atoms with Crippen molar-refractivity contribution in [1.29, 1.82) is 0 Å². The van der Waals surface area contributed by atoms with Crippen LogP contribution >= 0.6 is 0 Å². The average Bonchev–Trinajstić information content (AvgIpc) is 2.78. The summed E-state index contributed by atoms with van der Waals surface area (Å²) >= 11 is 0. The molecule has 1 amide bonds. The number of carbonyl (C=O) groups is 1. The second kappa shape index (κ2) is 10.3. The summed E-state index contributed by atoms with van der Waals surface area (Å²) in [5.74, 6) is -0.561. The molecule has 0 heterocycles. The van der Waals surface area contributed by atoms with Crippen molar-refractivity contribution in [2.24, 2.45) is 0 Å². The molecule has 8 nitrogen and oxygen atoms in total. The van der Waals surface area contributed by atoms with E-state index in [4.69, 9.17) is 0 Å². The SMILES string of the molecule is Cc1ccc(NS(=O)(=O)c2ccc(NC(=O)CN(c3ccc(C(C)(C)C)cc3)S(C)(=O)=O)cc2)cc1. The summed E-state index contributed by atoms with van der Waals surface area (Å²) in [4.78, 5) is 12.7. The zero-order valence-corrected chi connectivity index (χ0v) is 22.6. The average molecular weight is 530 g/mol. The highest BCUT2D eigenvalue weighted by Crippen LogP contribution is 2.26. The quantitative estimate of drug-likeness (QED) is 0.446. The van der Waals surface area contributed by atoms with E-state index in [9.17, 15) is 21.6 Å². The Morgan fingerprint density at radius 1 is 0.806 bits per heavy atom. The van der Waals surface area contributed by atoms with Gasteiger partial charge in [0.2, 0.25) is 15.9 Å². The summed E-state index contributed by atoms with van der Waals surface area (Å²) in [5.41, 5.74) is 3.11. The second-order valence-electron chi connectivity index (χ2n) is 9.61. The number of aryl methyl sites for hydroxylation is 1. The van der Waals surface area contributed by atoms with E-state index in [-0.39, 0.29) is 10.3 Å². The number of rotatable bonds is 8. The van der Waals surface area contributed by atoms with E-state index in [2.05, 4.69) is 30.8 Å². The number of nitrogens with zero attached hydrogens (tertiary/aromatic N) is 1. The summed E-state index contributed by atoms with van der Waals surface area (Å²) < 4.78 is 53.6. The van der Waals surface area contributed by atoms with E-state index in [0.29, 0.717) is 17.1 Å². The Labute approximate surface area is 213 Å². The maximum Gasteiger partial charge on any atom is 0.261 e. The van der Waals surface area contributed by atoms with Crippen LogP contribution in [0, 0.1) is 6.92 Å². The molecule has 2 N–H and O–H groups in total. The van der Waals surface area contributed by atoms with Crippen LogP contribution in [0.3, 0.4) is 0 Å². The highest BCUT2D eigenvalue weighted by atomic mass is 32.2. The molecule has 0 aromatic heterocycles. The van der Waals surface area contributed by atoms with Gasteiger partial charge in [-0.3, -0.25) is 13.8 Å². The molecular formula is C26H31N3O5S2. The van der Waals surface area contributed by atoms with Crippen LogP contribution in [-0.4, -0.2) is 35.5 Å². The fraction of sp³-hybridized carbons (Fsp3) is 0.269. The van der Waals surface area contributed by atoms with Gasteiger partial charge in [0.1, 0.15) is 6.54 Å². The van der Waals surface area contributed by atoms with Crippen molar-refractivity contribution in [2.45, 2.75) is 38.0 Å². The zero-order chi connectivity index (χ0) is 26.7. The highest BCUT2D eigenvalue weighted by molar-refractivity contribution is 7.92. The van der Waals surface area contributed by atoms with E-state index < -0.39 is 32.5 Å². The fourth-order valence-electron chi connectivity index (χ4n) is 3.41. The summed E-state index contributed by atoms with van der Waals surface area (Å²) in [6.07, 6.45) is 1.04. The molecular weight excluding hydrogens is 498 g/mol. The standard InChI is InChI=1S/C26H31N3O5S2/c1-19-6-10-22(11-7-19)28-36(33,34)24-16-12-21(13-17-24)27-25(30)18-29(35(5,31)32)23-14-8-20(9-15-23)26(2,3)4/h6-17,28H,18H2,1-5H3,(H,27,30). The summed E-state index contributed by atoms with van der Waals surface area (Å²) in [7, 11) is -7.54. The molecule has 0 radical (unpaired) electrons. The third kappa shape index (κ3) is 7.08. The van der Waals surface area contributed by atoms with Gasteiger partial charge in [-0.05, 0) is 66.4 Å². The lowest BCUT2D eigenvalue weighted by Gasteiger charge is -2.24. The number of carbonyl (C=O) groups excluding carboxylic acids is 1. The van der Waals surface area contributed by atoms with Crippen LogP contribution in [0.5, 0.6) is 0 Å². The monoisotopic (exact) mass is 529 g/mol. The number of sulfonamides is 2. The van der Waals surface area contributed by atoms with Crippen molar-refractivity contribution in [2.75, 3.05) is 27.1 Å². The number of nitrogens with one attached hydrogen (secondary N) is 2. The van der Waals surface area contributed by atoms with Crippen molar-refractivity contribution < 1.29 is 21.6 Å². The van der Waals surface area contributed by atoms with Crippen molar-refractivity contribution in [1.82, 2.24) is 0 Å². The van der Waals surface area contributed by atoms with Crippen LogP contribution in [0.1, 0.15) is 31.9 Å². The normalized spacial score (nSPS) is 12.1. The molecule has 3 rings (SSSR count). The Bertz CT molecular complexity index is 1430. The first-order valence-electron chi connectivity index (χ1n) is 11.2. The molecule has 192 valence electrons. The molecule has 0 saturated heterocycles. The van der Waals surface area contributed by atoms with Crippen LogP contribution < -0.4 is 14.3 Å². The Morgan fingerprint density at radius 3 is 1.83 bits per heavy atom. The predicted octanol–water partition coefficient (Wildman–Crippen LogP) is 4.50. The molecule has 10 heteroatoms. The Hall–Kier alpha value is -3.37. The predicted molar refractivity (Wildman–Crippen MR) is 144 cm³/mol. The maximum absolute atomic E-state index is 12.7. The first-order chi connectivity index (χ1) is 16.6. The first kappa shape index (κ1) is 27.2. The molecule has 0 bridgehead atoms. The molecule has 3 aromatic rings. The van der Waals surface area contributed by atoms with Crippen molar-refractivity contribution in [3.63, 3.8) is 0 Å². The number of amides is 1. The lowest BCUT2D eigenvalue weighted by molar-refractivity contribution is -0.114. The molecule has 0 saturated carbocycles. The zero-order valence-electron chi connectivity index (χ0n) is 20.9. The number of hydrogen-bond donors (Lipinski definition) is 2. The highest BCUT2D eigenvalue weighted by Gasteiger charge is 2.22. The van der Waals surface area contributed by atoms with E-state index in [1.54, 1.807) is 36.4 Å². The largest absolute Gasteiger partial charge is 0.325 e. The van der Waals surface area contributed by atoms with Gasteiger partial charge >= 0.3 is 0 Å². The third-order valence-electron chi connectivity index (χ3n) is 5.46. The van der Waals surface area contributed by atoms with Crippen LogP contribution in [0.15, 0.2) is 77.7 Å².